The molecule has 5 heteroatoms. The molecule has 1 atom stereocenters. The summed E-state index contributed by atoms with van der Waals surface area (Å²) >= 11 is 0. The van der Waals surface area contributed by atoms with Gasteiger partial charge in [0.05, 0.1) is 5.75 Å². The fraction of sp³-hybridized carbons (Fsp3) is 0.455. The van der Waals surface area contributed by atoms with Gasteiger partial charge in [-0.15, -0.1) is 0 Å². The molecule has 0 amide bonds. The molecule has 0 radical (unpaired) electrons. The van der Waals surface area contributed by atoms with E-state index in [0.29, 0.717) is 18.7 Å². The minimum Gasteiger partial charge on any atom is -0.233 e. The van der Waals surface area contributed by atoms with Crippen LogP contribution in [0.25, 0.3) is 0 Å². The van der Waals surface area contributed by atoms with Crippen molar-refractivity contribution in [3.63, 3.8) is 0 Å². The van der Waals surface area contributed by atoms with Gasteiger partial charge in [-0.1, -0.05) is 18.2 Å². The lowest BCUT2D eigenvalue weighted by molar-refractivity contribution is 0.613. The van der Waals surface area contributed by atoms with E-state index in [4.69, 9.17) is 0 Å². The van der Waals surface area contributed by atoms with Crippen LogP contribution in [0.2, 0.25) is 0 Å². The first-order valence-corrected chi connectivity index (χ1v) is 7.07. The smallest absolute Gasteiger partial charge is 0.127 e. The molecule has 0 saturated heterocycles. The standard InChI is InChI=1S/C11H15FN2OS/c12-11-6-2-1-5-10(11)9-16(15)13-7-3-4-8-14-16/h1-2,5-6H,3-4,7-9H2,(H,13,14,15). The zero-order valence-electron chi connectivity index (χ0n) is 8.99. The monoisotopic (exact) mass is 242 g/mol. The van der Waals surface area contributed by atoms with E-state index in [9.17, 15) is 8.60 Å². The van der Waals surface area contributed by atoms with Gasteiger partial charge >= 0.3 is 0 Å². The van der Waals surface area contributed by atoms with Gasteiger partial charge in [0.1, 0.15) is 15.7 Å². The average molecular weight is 242 g/mol. The number of hydrogen-bond donors (Lipinski definition) is 1. The maximum absolute atomic E-state index is 13.4. The molecule has 1 heterocycles. The fourth-order valence-corrected chi connectivity index (χ4v) is 3.48. The molecule has 0 spiro atoms. The van der Waals surface area contributed by atoms with E-state index in [0.717, 1.165) is 12.8 Å². The Kier molecular flexibility index (Phi) is 3.56. The Hall–Kier alpha value is -0.940. The molecule has 1 aromatic carbocycles. The normalized spacial score (nSPS) is 25.8. The average Bonchev–Trinajstić information content (AvgIpc) is 2.47. The van der Waals surface area contributed by atoms with Crippen LogP contribution in [0.4, 0.5) is 4.39 Å². The second-order valence-electron chi connectivity index (χ2n) is 3.83. The number of nitrogens with one attached hydrogen (secondary N) is 1. The molecular weight excluding hydrogens is 227 g/mol. The highest BCUT2D eigenvalue weighted by atomic mass is 32.2. The SMILES string of the molecule is O=S1(Cc2ccccc2F)=NCCCCN1. The van der Waals surface area contributed by atoms with Crippen LogP contribution in [0.3, 0.4) is 0 Å². The zero-order chi connectivity index (χ0) is 11.4. The largest absolute Gasteiger partial charge is 0.233 e. The molecule has 3 nitrogen and oxygen atoms in total. The third kappa shape index (κ3) is 2.80. The van der Waals surface area contributed by atoms with Crippen molar-refractivity contribution in [3.05, 3.63) is 35.6 Å². The Bertz CT molecular complexity index is 481. The van der Waals surface area contributed by atoms with Crippen molar-refractivity contribution < 1.29 is 8.60 Å². The van der Waals surface area contributed by atoms with Crippen molar-refractivity contribution in [2.75, 3.05) is 13.1 Å². The van der Waals surface area contributed by atoms with E-state index in [-0.39, 0.29) is 11.6 Å². The van der Waals surface area contributed by atoms with Gasteiger partial charge in [-0.3, -0.25) is 0 Å². The fourth-order valence-electron chi connectivity index (χ4n) is 1.65. The molecule has 1 unspecified atom stereocenters. The Morgan fingerprint density at radius 1 is 1.38 bits per heavy atom. The summed E-state index contributed by atoms with van der Waals surface area (Å²) in [6, 6.07) is 6.42. The predicted octanol–water partition coefficient (Wildman–Crippen LogP) is 2.09. The summed E-state index contributed by atoms with van der Waals surface area (Å²) < 4.78 is 32.8. The van der Waals surface area contributed by atoms with Gasteiger partial charge < -0.3 is 0 Å². The van der Waals surface area contributed by atoms with Gasteiger partial charge in [-0.25, -0.2) is 17.7 Å². The summed E-state index contributed by atoms with van der Waals surface area (Å²) in [4.78, 5) is 0. The molecule has 0 aromatic heterocycles. The Balaban J connectivity index is 2.23. The first-order chi connectivity index (χ1) is 7.70. The quantitative estimate of drug-likeness (QED) is 0.847. The first-order valence-electron chi connectivity index (χ1n) is 5.38. The molecule has 16 heavy (non-hydrogen) atoms. The van der Waals surface area contributed by atoms with Crippen LogP contribution in [-0.4, -0.2) is 17.3 Å². The molecular formula is C11H15FN2OS. The molecule has 0 bridgehead atoms. The van der Waals surface area contributed by atoms with E-state index in [1.165, 1.54) is 6.07 Å². The lowest BCUT2D eigenvalue weighted by Crippen LogP contribution is -2.25. The van der Waals surface area contributed by atoms with Crippen molar-refractivity contribution in [1.29, 1.82) is 0 Å². The van der Waals surface area contributed by atoms with E-state index in [1.54, 1.807) is 18.2 Å². The Morgan fingerprint density at radius 3 is 3.00 bits per heavy atom. The molecule has 1 N–H and O–H groups in total. The number of hydrogen-bond acceptors (Lipinski definition) is 2. The molecule has 0 fully saturated rings. The van der Waals surface area contributed by atoms with Crippen LogP contribution in [0.1, 0.15) is 18.4 Å². The van der Waals surface area contributed by atoms with Gasteiger partial charge in [0.2, 0.25) is 0 Å². The van der Waals surface area contributed by atoms with Crippen molar-refractivity contribution >= 4 is 9.92 Å². The van der Waals surface area contributed by atoms with Crippen LogP contribution in [0.5, 0.6) is 0 Å². The summed E-state index contributed by atoms with van der Waals surface area (Å²) in [5.74, 6) is -0.161. The van der Waals surface area contributed by atoms with E-state index >= 15 is 0 Å². The minimum absolute atomic E-state index is 0.152. The highest BCUT2D eigenvalue weighted by Crippen LogP contribution is 2.13. The third-order valence-electron chi connectivity index (χ3n) is 2.52. The summed E-state index contributed by atoms with van der Waals surface area (Å²) in [6.07, 6.45) is 1.92. The maximum atomic E-state index is 13.4. The highest BCUT2D eigenvalue weighted by molar-refractivity contribution is 7.90. The van der Waals surface area contributed by atoms with Crippen molar-refractivity contribution in [2.24, 2.45) is 4.36 Å². The van der Waals surface area contributed by atoms with Crippen LogP contribution in [-0.2, 0) is 15.7 Å². The maximum Gasteiger partial charge on any atom is 0.127 e. The van der Waals surface area contributed by atoms with Crippen LogP contribution >= 0.6 is 0 Å². The van der Waals surface area contributed by atoms with Crippen LogP contribution < -0.4 is 4.72 Å². The predicted molar refractivity (Wildman–Crippen MR) is 62.8 cm³/mol. The van der Waals surface area contributed by atoms with E-state index in [2.05, 4.69) is 9.08 Å². The summed E-state index contributed by atoms with van der Waals surface area (Å²) in [5, 5.41) is 0. The zero-order valence-corrected chi connectivity index (χ0v) is 9.80. The lowest BCUT2D eigenvalue weighted by Gasteiger charge is -2.09. The minimum atomic E-state index is -2.47. The van der Waals surface area contributed by atoms with Crippen molar-refractivity contribution in [3.8, 4) is 0 Å². The third-order valence-corrected chi connectivity index (χ3v) is 4.48. The summed E-state index contributed by atoms with van der Waals surface area (Å²) in [6.45, 7) is 1.29. The van der Waals surface area contributed by atoms with Gasteiger partial charge in [0.25, 0.3) is 0 Å². The van der Waals surface area contributed by atoms with Crippen LogP contribution in [0, 0.1) is 5.82 Å². The molecule has 0 saturated carbocycles. The highest BCUT2D eigenvalue weighted by Gasteiger charge is 2.14. The molecule has 2 rings (SSSR count). The summed E-state index contributed by atoms with van der Waals surface area (Å²) in [7, 11) is -2.47. The van der Waals surface area contributed by atoms with Gasteiger partial charge in [-0.2, -0.15) is 0 Å². The topological polar surface area (TPSA) is 41.5 Å². The molecule has 0 aliphatic carbocycles. The second kappa shape index (κ2) is 4.93. The Morgan fingerprint density at radius 2 is 2.19 bits per heavy atom. The number of nitrogens with zero attached hydrogens (tertiary/aromatic N) is 1. The molecule has 1 aromatic rings. The molecule has 1 aliphatic rings. The van der Waals surface area contributed by atoms with E-state index in [1.807, 2.05) is 0 Å². The molecule has 1 aliphatic heterocycles. The van der Waals surface area contributed by atoms with Crippen molar-refractivity contribution in [1.82, 2.24) is 4.72 Å². The first kappa shape index (κ1) is 11.5. The van der Waals surface area contributed by atoms with Crippen LogP contribution in [0.15, 0.2) is 28.6 Å². The second-order valence-corrected chi connectivity index (χ2v) is 5.95. The Labute approximate surface area is 95.4 Å². The number of benzene rings is 1. The van der Waals surface area contributed by atoms with Gasteiger partial charge in [0.15, 0.2) is 0 Å². The lowest BCUT2D eigenvalue weighted by atomic mass is 10.2. The number of rotatable bonds is 2. The van der Waals surface area contributed by atoms with Crippen molar-refractivity contribution in [2.45, 2.75) is 18.6 Å². The van der Waals surface area contributed by atoms with E-state index < -0.39 is 9.92 Å². The summed E-state index contributed by atoms with van der Waals surface area (Å²) in [5.41, 5.74) is 0.464. The number of halogens is 1. The molecule has 88 valence electrons. The van der Waals surface area contributed by atoms with Gasteiger partial charge in [0, 0.05) is 18.7 Å². The van der Waals surface area contributed by atoms with Gasteiger partial charge in [-0.05, 0) is 18.9 Å².